The largest absolute Gasteiger partial charge is 0.498 e. The normalized spacial score (nSPS) is 13.4. The highest BCUT2D eigenvalue weighted by molar-refractivity contribution is 8.08. The van der Waals surface area contributed by atoms with Crippen LogP contribution in [0.1, 0.15) is 0 Å². The molecule has 2 aromatic carbocycles. The van der Waals surface area contributed by atoms with E-state index in [-0.39, 0.29) is 11.1 Å². The summed E-state index contributed by atoms with van der Waals surface area (Å²) in [6, 6.07) is 8.08. The van der Waals surface area contributed by atoms with Gasteiger partial charge in [-0.05, 0) is 12.1 Å². The molecule has 0 unspecified atom stereocenters. The van der Waals surface area contributed by atoms with Gasteiger partial charge in [-0.3, -0.25) is 0 Å². The van der Waals surface area contributed by atoms with Crippen LogP contribution in [0.3, 0.4) is 0 Å². The van der Waals surface area contributed by atoms with Crippen molar-refractivity contribution in [3.8, 4) is 0 Å². The van der Waals surface area contributed by atoms with E-state index in [0.29, 0.717) is 5.39 Å². The molecule has 0 bridgehead atoms. The first-order valence-electron chi connectivity index (χ1n) is 5.75. The number of halogens is 3. The van der Waals surface area contributed by atoms with E-state index in [4.69, 9.17) is 5.73 Å². The second kappa shape index (κ2) is 5.13. The molecule has 0 aliphatic heterocycles. The molecule has 0 aliphatic carbocycles. The summed E-state index contributed by atoms with van der Waals surface area (Å²) in [4.78, 5) is -0.509. The first kappa shape index (κ1) is 16.6. The number of alkyl halides is 3. The second-order valence-corrected chi connectivity index (χ2v) is 8.80. The van der Waals surface area contributed by atoms with Crippen molar-refractivity contribution in [1.29, 1.82) is 0 Å². The quantitative estimate of drug-likeness (QED) is 0.853. The third kappa shape index (κ3) is 2.88. The van der Waals surface area contributed by atoms with Gasteiger partial charge in [-0.25, -0.2) is 16.8 Å². The summed E-state index contributed by atoms with van der Waals surface area (Å²) in [6.07, 6.45) is 0. The Hall–Kier alpha value is -1.81. The molecule has 0 fully saturated rings. The Morgan fingerprint density at radius 3 is 2.00 bits per heavy atom. The summed E-state index contributed by atoms with van der Waals surface area (Å²) < 4.78 is 83.6. The minimum atomic E-state index is -5.80. The van der Waals surface area contributed by atoms with Gasteiger partial charge >= 0.3 is 5.51 Å². The summed E-state index contributed by atoms with van der Waals surface area (Å²) in [6.45, 7) is 0. The minimum absolute atomic E-state index is 0.0693. The van der Waals surface area contributed by atoms with Gasteiger partial charge in [0.1, 0.15) is 0 Å². The molecule has 10 heteroatoms. The average molecular weight is 353 g/mol. The number of nitrogens with two attached hydrogens (primary N) is 1. The fourth-order valence-corrected chi connectivity index (χ4v) is 5.37. The predicted octanol–water partition coefficient (Wildman–Crippen LogP) is 2.09. The number of anilines is 1. The predicted molar refractivity (Wildman–Crippen MR) is 75.4 cm³/mol. The topological polar surface area (TPSA) is 94.3 Å². The Morgan fingerprint density at radius 2 is 1.45 bits per heavy atom. The molecule has 2 N–H and O–H groups in total. The molecule has 0 heterocycles. The zero-order valence-corrected chi connectivity index (χ0v) is 12.5. The first-order valence-corrected chi connectivity index (χ1v) is 9.05. The molecular weight excluding hydrogens is 343 g/mol. The minimum Gasteiger partial charge on any atom is -0.398 e. The second-order valence-electron chi connectivity index (χ2n) is 4.49. The zero-order chi connectivity index (χ0) is 16.8. The molecule has 0 aliphatic rings. The summed E-state index contributed by atoms with van der Waals surface area (Å²) in [7, 11) is -10.5. The number of benzene rings is 2. The third-order valence-electron chi connectivity index (χ3n) is 2.92. The molecule has 0 aromatic heterocycles. The van der Waals surface area contributed by atoms with Gasteiger partial charge in [0.15, 0.2) is 14.9 Å². The lowest BCUT2D eigenvalue weighted by atomic mass is 10.1. The molecule has 0 saturated heterocycles. The number of nitrogen functional groups attached to an aromatic ring is 1. The lowest BCUT2D eigenvalue weighted by Gasteiger charge is -2.11. The summed E-state index contributed by atoms with van der Waals surface area (Å²) in [5, 5.41) is -1.66. The third-order valence-corrected chi connectivity index (χ3v) is 7.13. The van der Waals surface area contributed by atoms with Gasteiger partial charge in [0.05, 0.1) is 4.90 Å². The van der Waals surface area contributed by atoms with E-state index in [0.717, 1.165) is 6.07 Å². The highest BCUT2D eigenvalue weighted by atomic mass is 32.3. The van der Waals surface area contributed by atoms with Crippen LogP contribution in [-0.2, 0) is 19.7 Å². The van der Waals surface area contributed by atoms with Crippen LogP contribution in [0, 0.1) is 0 Å². The molecule has 5 nitrogen and oxygen atoms in total. The van der Waals surface area contributed by atoms with Crippen molar-refractivity contribution >= 4 is 36.1 Å². The molecule has 120 valence electrons. The Kier molecular flexibility index (Phi) is 3.86. The van der Waals surface area contributed by atoms with Gasteiger partial charge in [0.2, 0.25) is 0 Å². The van der Waals surface area contributed by atoms with Gasteiger partial charge in [0.25, 0.3) is 9.84 Å². The highest BCUT2D eigenvalue weighted by Gasteiger charge is 2.48. The van der Waals surface area contributed by atoms with Crippen molar-refractivity contribution < 1.29 is 30.0 Å². The van der Waals surface area contributed by atoms with E-state index >= 15 is 0 Å². The van der Waals surface area contributed by atoms with E-state index in [2.05, 4.69) is 0 Å². The van der Waals surface area contributed by atoms with Crippen molar-refractivity contribution in [3.63, 3.8) is 0 Å². The van der Waals surface area contributed by atoms with Crippen LogP contribution in [0.5, 0.6) is 0 Å². The molecule has 2 aromatic rings. The number of rotatable bonds is 3. The maximum Gasteiger partial charge on any atom is 0.498 e. The number of fused-ring (bicyclic) bond motifs is 1. The van der Waals surface area contributed by atoms with Gasteiger partial charge in [0, 0.05) is 16.5 Å². The average Bonchev–Trinajstić information content (AvgIpc) is 2.36. The monoisotopic (exact) mass is 353 g/mol. The lowest BCUT2D eigenvalue weighted by Crippen LogP contribution is -2.30. The van der Waals surface area contributed by atoms with Crippen molar-refractivity contribution in [2.75, 3.05) is 10.8 Å². The van der Waals surface area contributed by atoms with Crippen molar-refractivity contribution in [3.05, 3.63) is 36.4 Å². The van der Waals surface area contributed by atoms with Crippen LogP contribution >= 0.6 is 0 Å². The smallest absolute Gasteiger partial charge is 0.398 e. The van der Waals surface area contributed by atoms with Gasteiger partial charge in [-0.2, -0.15) is 13.2 Å². The van der Waals surface area contributed by atoms with Crippen molar-refractivity contribution in [1.82, 2.24) is 0 Å². The lowest BCUT2D eigenvalue weighted by molar-refractivity contribution is -0.0431. The van der Waals surface area contributed by atoms with Crippen LogP contribution in [0.25, 0.3) is 10.8 Å². The van der Waals surface area contributed by atoms with Crippen molar-refractivity contribution in [2.45, 2.75) is 10.4 Å². The maximum absolute atomic E-state index is 12.4. The van der Waals surface area contributed by atoms with E-state index < -0.39 is 35.2 Å². The van der Waals surface area contributed by atoms with Crippen LogP contribution in [-0.4, -0.2) is 27.4 Å². The van der Waals surface area contributed by atoms with Crippen molar-refractivity contribution in [2.24, 2.45) is 0 Å². The number of hydrogen-bond donors (Lipinski definition) is 1. The summed E-state index contributed by atoms with van der Waals surface area (Å²) >= 11 is 0. The Balaban J connectivity index is 2.64. The highest BCUT2D eigenvalue weighted by Crippen LogP contribution is 2.31. The van der Waals surface area contributed by atoms with E-state index in [9.17, 15) is 30.0 Å². The number of sulfone groups is 2. The summed E-state index contributed by atoms with van der Waals surface area (Å²) in [5.41, 5.74) is 0.266. The van der Waals surface area contributed by atoms with Crippen LogP contribution in [0.15, 0.2) is 41.3 Å². The van der Waals surface area contributed by atoms with Gasteiger partial charge in [-0.1, -0.05) is 24.3 Å². The molecule has 22 heavy (non-hydrogen) atoms. The van der Waals surface area contributed by atoms with E-state index in [1.165, 1.54) is 24.3 Å². The molecule has 0 atom stereocenters. The number of hydrogen-bond acceptors (Lipinski definition) is 5. The van der Waals surface area contributed by atoms with E-state index in [1.54, 1.807) is 6.07 Å². The first-order chi connectivity index (χ1) is 9.96. The Morgan fingerprint density at radius 1 is 0.909 bits per heavy atom. The maximum atomic E-state index is 12.4. The van der Waals surface area contributed by atoms with E-state index in [1.807, 2.05) is 0 Å². The Labute approximate surface area is 124 Å². The molecule has 0 saturated carbocycles. The molecular formula is C12H10F3NO4S2. The van der Waals surface area contributed by atoms with Crippen LogP contribution in [0.4, 0.5) is 18.9 Å². The zero-order valence-electron chi connectivity index (χ0n) is 10.8. The summed E-state index contributed by atoms with van der Waals surface area (Å²) in [5.74, 6) is 0. The van der Waals surface area contributed by atoms with Gasteiger partial charge < -0.3 is 5.73 Å². The fourth-order valence-electron chi connectivity index (χ4n) is 1.90. The van der Waals surface area contributed by atoms with Crippen LogP contribution < -0.4 is 5.73 Å². The van der Waals surface area contributed by atoms with Gasteiger partial charge in [-0.15, -0.1) is 0 Å². The van der Waals surface area contributed by atoms with Crippen LogP contribution in [0.2, 0.25) is 0 Å². The SMILES string of the molecule is Nc1ccc(S(=O)(=O)CS(=O)(=O)C(F)(F)F)c2ccccc12. The molecule has 0 radical (unpaired) electrons. The molecule has 0 spiro atoms. The fraction of sp³-hybridized carbons (Fsp3) is 0.167. The Bertz CT molecular complexity index is 934. The standard InChI is InChI=1S/C12H10F3NO4S2/c13-12(14,15)22(19,20)7-21(17,18)11-6-5-10(16)8-3-1-2-4-9(8)11/h1-6H,7,16H2. The molecule has 0 amide bonds. The molecule has 2 rings (SSSR count).